The van der Waals surface area contributed by atoms with Gasteiger partial charge in [0.2, 0.25) is 5.91 Å². The van der Waals surface area contributed by atoms with Crippen LogP contribution < -0.4 is 10.6 Å². The molecule has 0 radical (unpaired) electrons. The van der Waals surface area contributed by atoms with Crippen molar-refractivity contribution in [2.75, 3.05) is 0 Å². The monoisotopic (exact) mass is 258 g/mol. The summed E-state index contributed by atoms with van der Waals surface area (Å²) in [5.41, 5.74) is -0.972. The average molecular weight is 258 g/mol. The Morgan fingerprint density at radius 1 is 1.17 bits per heavy atom. The first-order chi connectivity index (χ1) is 8.38. The second-order valence-corrected chi connectivity index (χ2v) is 3.70. The molecule has 96 valence electrons. The number of carbonyl (C=O) groups excluding carboxylic acids is 1. The number of halogens is 3. The van der Waals surface area contributed by atoms with Crippen molar-refractivity contribution in [2.45, 2.75) is 12.3 Å². The van der Waals surface area contributed by atoms with Crippen LogP contribution in [0.25, 0.3) is 0 Å². The molecule has 1 aliphatic rings. The van der Waals surface area contributed by atoms with Gasteiger partial charge in [-0.25, -0.2) is 0 Å². The SMILES string of the molecule is O=C1C=C(C(F)(F)F)NC(c2ccccc2O)N1. The molecule has 7 heteroatoms. The number of hydrogen-bond acceptors (Lipinski definition) is 3. The number of nitrogens with one attached hydrogen (secondary N) is 2. The molecule has 1 aromatic rings. The lowest BCUT2D eigenvalue weighted by atomic mass is 10.1. The maximum atomic E-state index is 12.5. The van der Waals surface area contributed by atoms with Crippen LogP contribution in [0.2, 0.25) is 0 Å². The zero-order valence-electron chi connectivity index (χ0n) is 8.95. The third-order valence-electron chi connectivity index (χ3n) is 2.42. The van der Waals surface area contributed by atoms with Gasteiger partial charge in [0.25, 0.3) is 0 Å². The van der Waals surface area contributed by atoms with Gasteiger partial charge in [-0.15, -0.1) is 0 Å². The Labute approximate surface area is 100 Å². The highest BCUT2D eigenvalue weighted by molar-refractivity contribution is 5.89. The summed E-state index contributed by atoms with van der Waals surface area (Å²) in [5.74, 6) is -1.06. The first kappa shape index (κ1) is 12.3. The first-order valence-electron chi connectivity index (χ1n) is 5.02. The predicted molar refractivity (Wildman–Crippen MR) is 56.3 cm³/mol. The van der Waals surface area contributed by atoms with E-state index < -0.39 is 23.9 Å². The lowest BCUT2D eigenvalue weighted by Gasteiger charge is -2.28. The number of carbonyl (C=O) groups is 1. The Morgan fingerprint density at radius 3 is 2.44 bits per heavy atom. The molecule has 1 aliphatic heterocycles. The largest absolute Gasteiger partial charge is 0.508 e. The van der Waals surface area contributed by atoms with Gasteiger partial charge in [0.1, 0.15) is 17.6 Å². The van der Waals surface area contributed by atoms with Gasteiger partial charge < -0.3 is 15.7 Å². The zero-order valence-corrected chi connectivity index (χ0v) is 8.95. The lowest BCUT2D eigenvalue weighted by Crippen LogP contribution is -2.45. The second kappa shape index (κ2) is 4.25. The summed E-state index contributed by atoms with van der Waals surface area (Å²) in [7, 11) is 0. The summed E-state index contributed by atoms with van der Waals surface area (Å²) in [5, 5.41) is 14.0. The molecule has 0 saturated heterocycles. The number of alkyl halides is 3. The molecule has 0 spiro atoms. The van der Waals surface area contributed by atoms with Crippen LogP contribution in [-0.2, 0) is 4.79 Å². The Balaban J connectivity index is 2.32. The van der Waals surface area contributed by atoms with E-state index >= 15 is 0 Å². The van der Waals surface area contributed by atoms with E-state index in [2.05, 4.69) is 10.6 Å². The first-order valence-corrected chi connectivity index (χ1v) is 5.02. The average Bonchev–Trinajstić information content (AvgIpc) is 2.27. The summed E-state index contributed by atoms with van der Waals surface area (Å²) in [4.78, 5) is 11.2. The molecule has 1 aromatic carbocycles. The maximum absolute atomic E-state index is 12.5. The molecule has 4 nitrogen and oxygen atoms in total. The third-order valence-corrected chi connectivity index (χ3v) is 2.42. The molecule has 1 amide bonds. The normalized spacial score (nSPS) is 19.8. The highest BCUT2D eigenvalue weighted by Gasteiger charge is 2.38. The van der Waals surface area contributed by atoms with Crippen LogP contribution in [0.15, 0.2) is 36.0 Å². The van der Waals surface area contributed by atoms with E-state index in [0.717, 1.165) is 0 Å². The van der Waals surface area contributed by atoms with E-state index in [1.807, 2.05) is 0 Å². The molecule has 18 heavy (non-hydrogen) atoms. The molecule has 1 unspecified atom stereocenters. The van der Waals surface area contributed by atoms with Crippen LogP contribution >= 0.6 is 0 Å². The number of benzene rings is 1. The summed E-state index contributed by atoms with van der Waals surface area (Å²) in [6.45, 7) is 0. The van der Waals surface area contributed by atoms with Crippen LogP contribution in [0, 0.1) is 0 Å². The Morgan fingerprint density at radius 2 is 1.83 bits per heavy atom. The lowest BCUT2D eigenvalue weighted by molar-refractivity contribution is -0.122. The molecule has 0 fully saturated rings. The number of allylic oxidation sites excluding steroid dienone is 1. The van der Waals surface area contributed by atoms with Crippen LogP contribution in [-0.4, -0.2) is 17.2 Å². The van der Waals surface area contributed by atoms with E-state index in [9.17, 15) is 23.1 Å². The fourth-order valence-corrected chi connectivity index (χ4v) is 1.60. The van der Waals surface area contributed by atoms with E-state index in [1.54, 1.807) is 6.07 Å². The van der Waals surface area contributed by atoms with Crippen molar-refractivity contribution >= 4 is 5.91 Å². The molecule has 2 rings (SSSR count). The summed E-state index contributed by atoms with van der Waals surface area (Å²) in [6.07, 6.45) is -5.31. The van der Waals surface area contributed by atoms with Gasteiger partial charge in [0.05, 0.1) is 0 Å². The van der Waals surface area contributed by atoms with E-state index in [1.165, 1.54) is 18.2 Å². The zero-order chi connectivity index (χ0) is 13.3. The van der Waals surface area contributed by atoms with Crippen molar-refractivity contribution < 1.29 is 23.1 Å². The van der Waals surface area contributed by atoms with E-state index in [4.69, 9.17) is 0 Å². The Kier molecular flexibility index (Phi) is 2.90. The van der Waals surface area contributed by atoms with Gasteiger partial charge in [-0.1, -0.05) is 18.2 Å². The van der Waals surface area contributed by atoms with Crippen molar-refractivity contribution in [1.29, 1.82) is 0 Å². The van der Waals surface area contributed by atoms with Gasteiger partial charge in [-0.3, -0.25) is 4.79 Å². The molecular weight excluding hydrogens is 249 g/mol. The summed E-state index contributed by atoms with van der Waals surface area (Å²) in [6, 6.07) is 5.83. The van der Waals surface area contributed by atoms with Gasteiger partial charge in [0.15, 0.2) is 0 Å². The third kappa shape index (κ3) is 2.39. The highest BCUT2D eigenvalue weighted by atomic mass is 19.4. The number of phenols is 1. The Hall–Kier alpha value is -2.18. The molecule has 0 bridgehead atoms. The molecule has 1 heterocycles. The van der Waals surface area contributed by atoms with E-state index in [0.29, 0.717) is 6.08 Å². The standard InChI is InChI=1S/C11H9F3N2O2/c12-11(13,14)8-5-9(18)16-10(15-8)6-3-1-2-4-7(6)17/h1-5,10,15,17H,(H,16,18). The van der Waals surface area contributed by atoms with Crippen LogP contribution in [0.5, 0.6) is 5.75 Å². The minimum atomic E-state index is -4.64. The summed E-state index contributed by atoms with van der Waals surface area (Å²) >= 11 is 0. The number of amides is 1. The fourth-order valence-electron chi connectivity index (χ4n) is 1.60. The van der Waals surface area contributed by atoms with Gasteiger partial charge in [-0.2, -0.15) is 13.2 Å². The molecule has 0 saturated carbocycles. The molecule has 1 atom stereocenters. The fraction of sp³-hybridized carbons (Fsp3) is 0.182. The predicted octanol–water partition coefficient (Wildman–Crippen LogP) is 1.56. The minimum absolute atomic E-state index is 0.167. The van der Waals surface area contributed by atoms with Crippen molar-refractivity contribution in [3.8, 4) is 5.75 Å². The minimum Gasteiger partial charge on any atom is -0.508 e. The Bertz CT molecular complexity index is 511. The molecule has 3 N–H and O–H groups in total. The smallest absolute Gasteiger partial charge is 0.431 e. The molecule has 0 aliphatic carbocycles. The van der Waals surface area contributed by atoms with Gasteiger partial charge in [-0.05, 0) is 6.07 Å². The number of para-hydroxylation sites is 1. The quantitative estimate of drug-likeness (QED) is 0.716. The number of aromatic hydroxyl groups is 1. The van der Waals surface area contributed by atoms with Gasteiger partial charge >= 0.3 is 6.18 Å². The number of phenolic OH excluding ortho intramolecular Hbond substituents is 1. The second-order valence-electron chi connectivity index (χ2n) is 3.70. The van der Waals surface area contributed by atoms with E-state index in [-0.39, 0.29) is 11.3 Å². The summed E-state index contributed by atoms with van der Waals surface area (Å²) < 4.78 is 37.6. The molecular formula is C11H9F3N2O2. The number of rotatable bonds is 1. The van der Waals surface area contributed by atoms with Crippen molar-refractivity contribution in [1.82, 2.24) is 10.6 Å². The van der Waals surface area contributed by atoms with Crippen molar-refractivity contribution in [3.05, 3.63) is 41.6 Å². The molecule has 0 aromatic heterocycles. The highest BCUT2D eigenvalue weighted by Crippen LogP contribution is 2.30. The van der Waals surface area contributed by atoms with Crippen LogP contribution in [0.1, 0.15) is 11.7 Å². The van der Waals surface area contributed by atoms with Gasteiger partial charge in [0, 0.05) is 11.6 Å². The topological polar surface area (TPSA) is 61.4 Å². The van der Waals surface area contributed by atoms with Crippen LogP contribution in [0.4, 0.5) is 13.2 Å². The van der Waals surface area contributed by atoms with Crippen molar-refractivity contribution in [3.63, 3.8) is 0 Å². The van der Waals surface area contributed by atoms with Crippen LogP contribution in [0.3, 0.4) is 0 Å². The number of hydrogen-bond donors (Lipinski definition) is 3. The maximum Gasteiger partial charge on any atom is 0.431 e. The van der Waals surface area contributed by atoms with Crippen molar-refractivity contribution in [2.24, 2.45) is 0 Å².